The van der Waals surface area contributed by atoms with E-state index in [0.717, 1.165) is 129 Å². The van der Waals surface area contributed by atoms with Crippen molar-refractivity contribution in [2.45, 2.75) is 270 Å². The molecular weight excluding hydrogens is 873 g/mol. The maximum Gasteiger partial charge on any atom is 0.242 e. The van der Waals surface area contributed by atoms with Crippen molar-refractivity contribution in [3.8, 4) is 0 Å². The third-order valence-electron chi connectivity index (χ3n) is 13.1. The fourth-order valence-electron chi connectivity index (χ4n) is 8.62. The molecule has 2 atom stereocenters. The van der Waals surface area contributed by atoms with Crippen molar-refractivity contribution in [1.82, 2.24) is 31.9 Å². The summed E-state index contributed by atoms with van der Waals surface area (Å²) in [4.78, 5) is 51.5. The number of hydrogen-bond acceptors (Lipinski definition) is 8. The molecule has 0 rings (SSSR count). The van der Waals surface area contributed by atoms with Crippen molar-refractivity contribution >= 4 is 23.6 Å². The van der Waals surface area contributed by atoms with E-state index in [4.69, 9.17) is 11.5 Å². The van der Waals surface area contributed by atoms with Crippen LogP contribution in [0.5, 0.6) is 0 Å². The zero-order valence-electron chi connectivity index (χ0n) is 45.8. The molecular formula is C58H114N8O4. The van der Waals surface area contributed by atoms with Crippen molar-refractivity contribution in [1.29, 1.82) is 0 Å². The van der Waals surface area contributed by atoms with E-state index in [-0.39, 0.29) is 23.6 Å². The molecule has 0 aromatic heterocycles. The monoisotopic (exact) mass is 987 g/mol. The van der Waals surface area contributed by atoms with Crippen molar-refractivity contribution in [3.63, 3.8) is 0 Å². The number of allylic oxidation sites excluding steroid dienone is 4. The van der Waals surface area contributed by atoms with Crippen LogP contribution in [0.3, 0.4) is 0 Å². The van der Waals surface area contributed by atoms with Gasteiger partial charge in [0.05, 0.1) is 0 Å². The largest absolute Gasteiger partial charge is 0.354 e. The molecule has 12 heteroatoms. The highest BCUT2D eigenvalue weighted by molar-refractivity contribution is 5.88. The van der Waals surface area contributed by atoms with Gasteiger partial charge in [0, 0.05) is 25.9 Å². The molecule has 0 saturated carbocycles. The number of nitrogens with two attached hydrogens (primary N) is 2. The summed E-state index contributed by atoms with van der Waals surface area (Å²) in [7, 11) is 0. The minimum atomic E-state index is -0.507. The second-order valence-electron chi connectivity index (χ2n) is 20.0. The Morgan fingerprint density at radius 3 is 1.01 bits per heavy atom. The molecule has 12 nitrogen and oxygen atoms in total. The summed E-state index contributed by atoms with van der Waals surface area (Å²) in [5.41, 5.74) is 11.4. The van der Waals surface area contributed by atoms with Crippen LogP contribution < -0.4 is 43.4 Å². The van der Waals surface area contributed by atoms with Gasteiger partial charge in [-0.05, 0) is 168 Å². The average molecular weight is 988 g/mol. The molecule has 4 amide bonds. The van der Waals surface area contributed by atoms with E-state index in [0.29, 0.717) is 51.9 Å². The summed E-state index contributed by atoms with van der Waals surface area (Å²) < 4.78 is 0. The van der Waals surface area contributed by atoms with Gasteiger partial charge >= 0.3 is 0 Å². The first kappa shape index (κ1) is 67.2. The smallest absolute Gasteiger partial charge is 0.242 e. The van der Waals surface area contributed by atoms with E-state index < -0.39 is 12.1 Å². The van der Waals surface area contributed by atoms with Crippen molar-refractivity contribution in [3.05, 3.63) is 24.3 Å². The Morgan fingerprint density at radius 2 is 0.671 bits per heavy atom. The number of amides is 4. The highest BCUT2D eigenvalue weighted by Crippen LogP contribution is 2.13. The quantitative estimate of drug-likeness (QED) is 0.0218. The predicted molar refractivity (Wildman–Crippen MR) is 299 cm³/mol. The first-order valence-corrected chi connectivity index (χ1v) is 29.6. The van der Waals surface area contributed by atoms with Gasteiger partial charge in [-0.1, -0.05) is 141 Å². The van der Waals surface area contributed by atoms with Gasteiger partial charge in [0.15, 0.2) is 0 Å². The number of carbonyl (C=O) groups is 4. The van der Waals surface area contributed by atoms with E-state index in [2.05, 4.69) is 70.1 Å². The average Bonchev–Trinajstić information content (AvgIpc) is 3.35. The van der Waals surface area contributed by atoms with E-state index in [1.807, 2.05) is 0 Å². The minimum Gasteiger partial charge on any atom is -0.354 e. The molecule has 0 radical (unpaired) electrons. The molecule has 0 aromatic carbocycles. The van der Waals surface area contributed by atoms with Crippen LogP contribution in [-0.2, 0) is 19.2 Å². The van der Waals surface area contributed by atoms with Gasteiger partial charge in [-0.25, -0.2) is 0 Å². The highest BCUT2D eigenvalue weighted by atomic mass is 16.2. The van der Waals surface area contributed by atoms with E-state index >= 15 is 0 Å². The first-order chi connectivity index (χ1) is 34.4. The Labute approximate surface area is 431 Å². The van der Waals surface area contributed by atoms with Crippen LogP contribution in [0.15, 0.2) is 24.3 Å². The molecule has 0 aromatic rings. The number of nitrogens with one attached hydrogen (secondary N) is 6. The normalized spacial score (nSPS) is 12.5. The second-order valence-corrected chi connectivity index (χ2v) is 20.0. The van der Waals surface area contributed by atoms with Gasteiger partial charge < -0.3 is 43.4 Å². The van der Waals surface area contributed by atoms with Crippen LogP contribution in [-0.4, -0.2) is 88.1 Å². The van der Waals surface area contributed by atoms with Crippen LogP contribution in [0, 0.1) is 0 Å². The molecule has 0 bridgehead atoms. The van der Waals surface area contributed by atoms with Gasteiger partial charge in [-0.15, -0.1) is 0 Å². The van der Waals surface area contributed by atoms with Crippen LogP contribution in [0.25, 0.3) is 0 Å². The lowest BCUT2D eigenvalue weighted by molar-refractivity contribution is -0.129. The van der Waals surface area contributed by atoms with Gasteiger partial charge in [-0.2, -0.15) is 0 Å². The summed E-state index contributed by atoms with van der Waals surface area (Å²) in [6.45, 7) is 10.3. The van der Waals surface area contributed by atoms with Crippen LogP contribution >= 0.6 is 0 Å². The summed E-state index contributed by atoms with van der Waals surface area (Å²) in [5.74, 6) is -0.275. The zero-order chi connectivity index (χ0) is 51.1. The lowest BCUT2D eigenvalue weighted by atomic mass is 10.1. The fraction of sp³-hybridized carbons (Fsp3) is 0.862. The Balaban J connectivity index is 4.04. The number of rotatable bonds is 55. The summed E-state index contributed by atoms with van der Waals surface area (Å²) in [6.07, 6.45) is 50.4. The van der Waals surface area contributed by atoms with E-state index in [1.54, 1.807) is 0 Å². The topological polar surface area (TPSA) is 192 Å². The summed E-state index contributed by atoms with van der Waals surface area (Å²) >= 11 is 0. The lowest BCUT2D eigenvalue weighted by Crippen LogP contribution is -2.47. The van der Waals surface area contributed by atoms with Crippen LogP contribution in [0.4, 0.5) is 0 Å². The Morgan fingerprint density at radius 1 is 0.357 bits per heavy atom. The molecule has 0 fully saturated rings. The SMILES string of the molecule is CCCCCCCC/C=C\CCCCCCCC(=O)NC(CCCCN)C(=O)NCCCNCCCCNCCCNC(=O)C(CCCCN)NC(=O)CCCCCCC/C=C\CCCCCCCC. The van der Waals surface area contributed by atoms with Crippen molar-refractivity contribution in [2.75, 3.05) is 52.4 Å². The highest BCUT2D eigenvalue weighted by Gasteiger charge is 2.21. The minimum absolute atomic E-state index is 0.0346. The predicted octanol–water partition coefficient (Wildman–Crippen LogP) is 11.3. The Kier molecular flexibility index (Phi) is 53.3. The maximum atomic E-state index is 13.0. The molecule has 0 aliphatic heterocycles. The molecule has 0 heterocycles. The molecule has 0 saturated heterocycles. The van der Waals surface area contributed by atoms with E-state index in [1.165, 1.54) is 116 Å². The summed E-state index contributed by atoms with van der Waals surface area (Å²) in [6, 6.07) is -1.01. The molecule has 0 aliphatic carbocycles. The van der Waals surface area contributed by atoms with Crippen LogP contribution in [0.1, 0.15) is 258 Å². The van der Waals surface area contributed by atoms with Gasteiger partial charge in [0.1, 0.15) is 12.1 Å². The standard InChI is InChI=1S/C58H114N8O4/c1-3-5-7-9-11-13-15-17-19-21-23-25-27-29-31-43-55(67)65-53(41-33-35-45-59)57(69)63-51-39-49-61-47-37-38-48-62-50-40-52-64-58(70)54(42-34-36-46-60)66-56(68)44-32-30-28-26-24-22-20-18-16-14-12-10-8-6-4-2/h17-20,53-54,61-62H,3-16,21-52,59-60H2,1-2H3,(H,63,69)(H,64,70)(H,65,67)(H,66,68)/b19-17-,20-18-. The molecule has 2 unspecified atom stereocenters. The van der Waals surface area contributed by atoms with E-state index in [9.17, 15) is 19.2 Å². The number of carbonyl (C=O) groups excluding carboxylic acids is 4. The third-order valence-corrected chi connectivity index (χ3v) is 13.1. The second kappa shape index (κ2) is 55.5. The van der Waals surface area contributed by atoms with Gasteiger partial charge in [0.25, 0.3) is 0 Å². The van der Waals surface area contributed by atoms with Crippen molar-refractivity contribution < 1.29 is 19.2 Å². The molecule has 410 valence electrons. The number of hydrogen-bond donors (Lipinski definition) is 8. The Hall–Kier alpha value is -2.80. The van der Waals surface area contributed by atoms with Crippen LogP contribution in [0.2, 0.25) is 0 Å². The lowest BCUT2D eigenvalue weighted by Gasteiger charge is -2.19. The fourth-order valence-corrected chi connectivity index (χ4v) is 8.62. The maximum absolute atomic E-state index is 13.0. The first-order valence-electron chi connectivity index (χ1n) is 29.6. The summed E-state index contributed by atoms with van der Waals surface area (Å²) in [5, 5.41) is 19.0. The van der Waals surface area contributed by atoms with Gasteiger partial charge in [-0.3, -0.25) is 19.2 Å². The molecule has 70 heavy (non-hydrogen) atoms. The molecule has 10 N–H and O–H groups in total. The van der Waals surface area contributed by atoms with Gasteiger partial charge in [0.2, 0.25) is 23.6 Å². The number of unbranched alkanes of at least 4 members (excludes halogenated alkanes) is 25. The molecule has 0 spiro atoms. The Bertz CT molecular complexity index is 1140. The molecule has 0 aliphatic rings. The zero-order valence-corrected chi connectivity index (χ0v) is 45.8. The third kappa shape index (κ3) is 48.8. The van der Waals surface area contributed by atoms with Crippen molar-refractivity contribution in [2.24, 2.45) is 11.5 Å².